The third-order valence-electron chi connectivity index (χ3n) is 3.70. The minimum absolute atomic E-state index is 0.0854. The fourth-order valence-corrected chi connectivity index (χ4v) is 2.55. The Morgan fingerprint density at radius 3 is 2.59 bits per heavy atom. The number of amides is 1. The van der Waals surface area contributed by atoms with Crippen molar-refractivity contribution in [3.05, 3.63) is 35.6 Å². The lowest BCUT2D eigenvalue weighted by Gasteiger charge is -2.12. The second kappa shape index (κ2) is 7.11. The molecule has 22 heavy (non-hydrogen) atoms. The fourth-order valence-electron chi connectivity index (χ4n) is 2.55. The van der Waals surface area contributed by atoms with Crippen molar-refractivity contribution >= 4 is 22.8 Å². The average molecular weight is 303 g/mol. The first kappa shape index (κ1) is 16.1. The SMILES string of the molecule is Cc1c([C@H](C)NC(=O)CCCCC(=O)O)oc2ccccc12. The zero-order valence-corrected chi connectivity index (χ0v) is 12.9. The van der Waals surface area contributed by atoms with Crippen molar-refractivity contribution in [3.63, 3.8) is 0 Å². The number of benzene rings is 1. The van der Waals surface area contributed by atoms with Crippen molar-refractivity contribution < 1.29 is 19.1 Å². The number of rotatable bonds is 7. The zero-order chi connectivity index (χ0) is 16.1. The molecule has 5 heteroatoms. The lowest BCUT2D eigenvalue weighted by Crippen LogP contribution is -2.26. The molecule has 2 rings (SSSR count). The maximum atomic E-state index is 11.9. The standard InChI is InChI=1S/C17H21NO4/c1-11-13-7-3-4-8-14(13)22-17(11)12(2)18-15(19)9-5-6-10-16(20)21/h3-4,7-8,12H,5-6,9-10H2,1-2H3,(H,18,19)(H,20,21)/t12-/m0/s1. The van der Waals surface area contributed by atoms with Gasteiger partial charge in [0.15, 0.2) is 0 Å². The van der Waals surface area contributed by atoms with E-state index in [2.05, 4.69) is 5.32 Å². The molecule has 0 aliphatic heterocycles. The van der Waals surface area contributed by atoms with Gasteiger partial charge in [0.25, 0.3) is 0 Å². The molecule has 0 saturated heterocycles. The van der Waals surface area contributed by atoms with Crippen molar-refractivity contribution in [2.24, 2.45) is 0 Å². The summed E-state index contributed by atoms with van der Waals surface area (Å²) in [7, 11) is 0. The van der Waals surface area contributed by atoms with Crippen molar-refractivity contribution in [2.45, 2.75) is 45.6 Å². The maximum absolute atomic E-state index is 11.9. The summed E-state index contributed by atoms with van der Waals surface area (Å²) in [6.07, 6.45) is 1.52. The van der Waals surface area contributed by atoms with Gasteiger partial charge in [-0.2, -0.15) is 0 Å². The molecule has 0 radical (unpaired) electrons. The van der Waals surface area contributed by atoms with Crippen LogP contribution in [-0.4, -0.2) is 17.0 Å². The molecule has 1 aromatic heterocycles. The van der Waals surface area contributed by atoms with Gasteiger partial charge in [0, 0.05) is 23.8 Å². The first-order valence-corrected chi connectivity index (χ1v) is 7.48. The number of unbranched alkanes of at least 4 members (excludes halogenated alkanes) is 1. The lowest BCUT2D eigenvalue weighted by molar-refractivity contribution is -0.137. The van der Waals surface area contributed by atoms with Gasteiger partial charge in [-0.15, -0.1) is 0 Å². The van der Waals surface area contributed by atoms with E-state index in [4.69, 9.17) is 9.52 Å². The van der Waals surface area contributed by atoms with Crippen LogP contribution in [0.5, 0.6) is 0 Å². The van der Waals surface area contributed by atoms with E-state index in [1.54, 1.807) is 0 Å². The number of para-hydroxylation sites is 1. The van der Waals surface area contributed by atoms with Gasteiger partial charge in [-0.3, -0.25) is 9.59 Å². The second-order valence-corrected chi connectivity index (χ2v) is 5.48. The van der Waals surface area contributed by atoms with E-state index in [1.165, 1.54) is 0 Å². The van der Waals surface area contributed by atoms with Crippen LogP contribution in [-0.2, 0) is 9.59 Å². The summed E-state index contributed by atoms with van der Waals surface area (Å²) in [4.78, 5) is 22.3. The predicted molar refractivity (Wildman–Crippen MR) is 83.6 cm³/mol. The highest BCUT2D eigenvalue weighted by Crippen LogP contribution is 2.29. The largest absolute Gasteiger partial charge is 0.481 e. The molecular formula is C17H21NO4. The molecule has 0 fully saturated rings. The summed E-state index contributed by atoms with van der Waals surface area (Å²) in [5.74, 6) is -0.149. The van der Waals surface area contributed by atoms with E-state index >= 15 is 0 Å². The number of nitrogens with one attached hydrogen (secondary N) is 1. The van der Waals surface area contributed by atoms with Crippen molar-refractivity contribution in [2.75, 3.05) is 0 Å². The second-order valence-electron chi connectivity index (χ2n) is 5.48. The number of aryl methyl sites for hydroxylation is 1. The number of carboxylic acid groups (broad SMARTS) is 1. The highest BCUT2D eigenvalue weighted by molar-refractivity contribution is 5.82. The normalized spacial score (nSPS) is 12.3. The molecule has 1 aromatic carbocycles. The van der Waals surface area contributed by atoms with Gasteiger partial charge in [0.2, 0.25) is 5.91 Å². The number of hydrogen-bond donors (Lipinski definition) is 2. The number of carbonyl (C=O) groups excluding carboxylic acids is 1. The van der Waals surface area contributed by atoms with E-state index in [9.17, 15) is 9.59 Å². The van der Waals surface area contributed by atoms with Crippen LogP contribution >= 0.6 is 0 Å². The topological polar surface area (TPSA) is 79.5 Å². The van der Waals surface area contributed by atoms with Crippen molar-refractivity contribution in [1.82, 2.24) is 5.32 Å². The van der Waals surface area contributed by atoms with Crippen LogP contribution < -0.4 is 5.32 Å². The van der Waals surface area contributed by atoms with Gasteiger partial charge in [-0.1, -0.05) is 18.2 Å². The first-order valence-electron chi connectivity index (χ1n) is 7.48. The zero-order valence-electron chi connectivity index (χ0n) is 12.9. The molecule has 2 N–H and O–H groups in total. The highest BCUT2D eigenvalue weighted by Gasteiger charge is 2.18. The molecule has 0 aliphatic rings. The summed E-state index contributed by atoms with van der Waals surface area (Å²) in [5, 5.41) is 12.5. The van der Waals surface area contributed by atoms with E-state index in [1.807, 2.05) is 38.1 Å². The molecular weight excluding hydrogens is 282 g/mol. The predicted octanol–water partition coefficient (Wildman–Crippen LogP) is 3.56. The molecule has 5 nitrogen and oxygen atoms in total. The molecule has 1 heterocycles. The van der Waals surface area contributed by atoms with Crippen LogP contribution in [0.1, 0.15) is 50.0 Å². The third-order valence-corrected chi connectivity index (χ3v) is 3.70. The first-order chi connectivity index (χ1) is 10.5. The van der Waals surface area contributed by atoms with Gasteiger partial charge in [0.05, 0.1) is 6.04 Å². The van der Waals surface area contributed by atoms with Crippen molar-refractivity contribution in [1.29, 1.82) is 0 Å². The van der Waals surface area contributed by atoms with Gasteiger partial charge >= 0.3 is 5.97 Å². The Hall–Kier alpha value is -2.30. The smallest absolute Gasteiger partial charge is 0.303 e. The maximum Gasteiger partial charge on any atom is 0.303 e. The van der Waals surface area contributed by atoms with E-state index < -0.39 is 5.97 Å². The third kappa shape index (κ3) is 3.87. The fraction of sp³-hybridized carbons (Fsp3) is 0.412. The number of furan rings is 1. The molecule has 0 bridgehead atoms. The van der Waals surface area contributed by atoms with Gasteiger partial charge in [-0.05, 0) is 32.8 Å². The molecule has 118 valence electrons. The van der Waals surface area contributed by atoms with Gasteiger partial charge in [-0.25, -0.2) is 0 Å². The quantitative estimate of drug-likeness (QED) is 0.766. The van der Waals surface area contributed by atoms with Crippen LogP contribution in [0.3, 0.4) is 0 Å². The number of carboxylic acids is 1. The Morgan fingerprint density at radius 1 is 1.23 bits per heavy atom. The van der Waals surface area contributed by atoms with E-state index in [0.717, 1.165) is 22.3 Å². The monoisotopic (exact) mass is 303 g/mol. The average Bonchev–Trinajstić information content (AvgIpc) is 2.81. The molecule has 2 aromatic rings. The molecule has 0 spiro atoms. The van der Waals surface area contributed by atoms with Crippen LogP contribution in [0.15, 0.2) is 28.7 Å². The number of carbonyl (C=O) groups is 2. The Kier molecular flexibility index (Phi) is 5.20. The summed E-state index contributed by atoms with van der Waals surface area (Å²) >= 11 is 0. The Morgan fingerprint density at radius 2 is 1.91 bits per heavy atom. The van der Waals surface area contributed by atoms with Gasteiger partial charge in [0.1, 0.15) is 11.3 Å². The van der Waals surface area contributed by atoms with E-state index in [-0.39, 0.29) is 18.4 Å². The van der Waals surface area contributed by atoms with Crippen LogP contribution in [0.4, 0.5) is 0 Å². The van der Waals surface area contributed by atoms with E-state index in [0.29, 0.717) is 19.3 Å². The molecule has 1 atom stereocenters. The summed E-state index contributed by atoms with van der Waals surface area (Å²) in [6, 6.07) is 7.57. The van der Waals surface area contributed by atoms with Crippen LogP contribution in [0.25, 0.3) is 11.0 Å². The lowest BCUT2D eigenvalue weighted by atomic mass is 10.1. The number of hydrogen-bond acceptors (Lipinski definition) is 3. The summed E-state index contributed by atoms with van der Waals surface area (Å²) in [6.45, 7) is 3.87. The molecule has 0 aliphatic carbocycles. The van der Waals surface area contributed by atoms with Crippen LogP contribution in [0, 0.1) is 6.92 Å². The summed E-state index contributed by atoms with van der Waals surface area (Å²) < 4.78 is 5.83. The molecule has 0 saturated carbocycles. The number of fused-ring (bicyclic) bond motifs is 1. The number of aliphatic carboxylic acids is 1. The Balaban J connectivity index is 1.93. The minimum atomic E-state index is -0.827. The molecule has 1 amide bonds. The van der Waals surface area contributed by atoms with Gasteiger partial charge < -0.3 is 14.8 Å². The minimum Gasteiger partial charge on any atom is -0.481 e. The highest BCUT2D eigenvalue weighted by atomic mass is 16.4. The molecule has 0 unspecified atom stereocenters. The Bertz CT molecular complexity index is 674. The van der Waals surface area contributed by atoms with Crippen molar-refractivity contribution in [3.8, 4) is 0 Å². The van der Waals surface area contributed by atoms with Crippen LogP contribution in [0.2, 0.25) is 0 Å². The Labute approximate surface area is 129 Å². The summed E-state index contributed by atoms with van der Waals surface area (Å²) in [5.41, 5.74) is 1.85.